The van der Waals surface area contributed by atoms with Gasteiger partial charge in [0.1, 0.15) is 17.1 Å². The zero-order valence-corrected chi connectivity index (χ0v) is 11.4. The van der Waals surface area contributed by atoms with Crippen molar-refractivity contribution < 1.29 is 19.7 Å². The van der Waals surface area contributed by atoms with E-state index in [1.807, 2.05) is 0 Å². The van der Waals surface area contributed by atoms with E-state index in [1.54, 1.807) is 34.6 Å². The van der Waals surface area contributed by atoms with Gasteiger partial charge in [0.15, 0.2) is 0 Å². The molecule has 0 aliphatic rings. The van der Waals surface area contributed by atoms with Crippen molar-refractivity contribution in [2.45, 2.75) is 46.1 Å². The summed E-state index contributed by atoms with van der Waals surface area (Å²) in [7, 11) is 0. The lowest BCUT2D eigenvalue weighted by atomic mass is 9.98. The molecule has 1 unspecified atom stereocenters. The summed E-state index contributed by atoms with van der Waals surface area (Å²) in [5.74, 6) is -1.02. The Morgan fingerprint density at radius 2 is 1.78 bits per heavy atom. The normalized spacial score (nSPS) is 13.2. The summed E-state index contributed by atoms with van der Waals surface area (Å²) >= 11 is 0. The summed E-state index contributed by atoms with van der Waals surface area (Å²) in [6.45, 7) is 8.66. The molecule has 0 amide bonds. The number of aromatic hydroxyl groups is 2. The van der Waals surface area contributed by atoms with Gasteiger partial charge in [0.2, 0.25) is 0 Å². The topological polar surface area (TPSA) is 66.8 Å². The lowest BCUT2D eigenvalue weighted by Gasteiger charge is -2.23. The SMILES string of the molecule is Cc1cc(O)c(C(C)C(=O)OC(C)(C)C)cc1O. The first-order valence-corrected chi connectivity index (χ1v) is 5.87. The van der Waals surface area contributed by atoms with Crippen LogP contribution in [0.25, 0.3) is 0 Å². The van der Waals surface area contributed by atoms with E-state index in [4.69, 9.17) is 4.74 Å². The molecule has 0 aliphatic carbocycles. The third-order valence-corrected chi connectivity index (χ3v) is 2.57. The maximum atomic E-state index is 11.9. The summed E-state index contributed by atoms with van der Waals surface area (Å²) < 4.78 is 5.25. The predicted molar refractivity (Wildman–Crippen MR) is 68.8 cm³/mol. The number of carbonyl (C=O) groups excluding carboxylic acids is 1. The van der Waals surface area contributed by atoms with Gasteiger partial charge in [0.25, 0.3) is 0 Å². The first kappa shape index (κ1) is 14.4. The second kappa shape index (κ2) is 4.88. The lowest BCUT2D eigenvalue weighted by Crippen LogP contribution is -2.26. The van der Waals surface area contributed by atoms with E-state index in [0.29, 0.717) is 11.1 Å². The first-order valence-electron chi connectivity index (χ1n) is 5.87. The highest BCUT2D eigenvalue weighted by molar-refractivity contribution is 5.79. The van der Waals surface area contributed by atoms with Crippen molar-refractivity contribution in [1.29, 1.82) is 0 Å². The summed E-state index contributed by atoms with van der Waals surface area (Å²) in [4.78, 5) is 11.9. The van der Waals surface area contributed by atoms with Crippen LogP contribution in [0.1, 0.15) is 44.7 Å². The van der Waals surface area contributed by atoms with Crippen molar-refractivity contribution >= 4 is 5.97 Å². The molecule has 0 saturated heterocycles. The maximum absolute atomic E-state index is 11.9. The minimum atomic E-state index is -0.629. The van der Waals surface area contributed by atoms with Crippen LogP contribution < -0.4 is 0 Å². The van der Waals surface area contributed by atoms with Crippen LogP contribution in [0.15, 0.2) is 12.1 Å². The highest BCUT2D eigenvalue weighted by atomic mass is 16.6. The van der Waals surface area contributed by atoms with Gasteiger partial charge in [-0.15, -0.1) is 0 Å². The standard InChI is InChI=1S/C14H20O4/c1-8-6-12(16)10(7-11(8)15)9(2)13(17)18-14(3,4)5/h6-7,9,15-16H,1-5H3. The highest BCUT2D eigenvalue weighted by Crippen LogP contribution is 2.33. The highest BCUT2D eigenvalue weighted by Gasteiger charge is 2.25. The van der Waals surface area contributed by atoms with Crippen LogP contribution in [0.5, 0.6) is 11.5 Å². The molecule has 18 heavy (non-hydrogen) atoms. The van der Waals surface area contributed by atoms with E-state index in [9.17, 15) is 15.0 Å². The minimum absolute atomic E-state index is 0.0105. The Labute approximate surface area is 107 Å². The molecule has 0 radical (unpaired) electrons. The molecule has 0 heterocycles. The van der Waals surface area contributed by atoms with E-state index < -0.39 is 17.5 Å². The third-order valence-electron chi connectivity index (χ3n) is 2.57. The Morgan fingerprint density at radius 3 is 2.28 bits per heavy atom. The molecule has 100 valence electrons. The quantitative estimate of drug-likeness (QED) is 0.627. The molecular formula is C14H20O4. The Bertz CT molecular complexity index is 458. The van der Waals surface area contributed by atoms with Gasteiger partial charge >= 0.3 is 5.97 Å². The molecule has 0 aromatic heterocycles. The van der Waals surface area contributed by atoms with Crippen LogP contribution in [-0.2, 0) is 9.53 Å². The van der Waals surface area contributed by atoms with Gasteiger partial charge in [-0.1, -0.05) is 0 Å². The van der Waals surface area contributed by atoms with Gasteiger partial charge < -0.3 is 14.9 Å². The molecule has 1 rings (SSSR count). The molecule has 0 spiro atoms. The maximum Gasteiger partial charge on any atom is 0.313 e. The van der Waals surface area contributed by atoms with Crippen LogP contribution in [0.2, 0.25) is 0 Å². The van der Waals surface area contributed by atoms with E-state index in [2.05, 4.69) is 0 Å². The summed E-state index contributed by atoms with van der Waals surface area (Å²) in [5, 5.41) is 19.4. The number of esters is 1. The second-order valence-corrected chi connectivity index (χ2v) is 5.45. The molecule has 4 heteroatoms. The Kier molecular flexibility index (Phi) is 3.89. The molecule has 0 saturated carbocycles. The average Bonchev–Trinajstić information content (AvgIpc) is 2.20. The van der Waals surface area contributed by atoms with Crippen molar-refractivity contribution in [3.05, 3.63) is 23.3 Å². The van der Waals surface area contributed by atoms with Gasteiger partial charge in [-0.2, -0.15) is 0 Å². The van der Waals surface area contributed by atoms with E-state index in [-0.39, 0.29) is 11.5 Å². The summed E-state index contributed by atoms with van der Waals surface area (Å²) in [6, 6.07) is 2.84. The molecule has 2 N–H and O–H groups in total. The van der Waals surface area contributed by atoms with Crippen LogP contribution >= 0.6 is 0 Å². The molecule has 0 fully saturated rings. The second-order valence-electron chi connectivity index (χ2n) is 5.45. The zero-order chi connectivity index (χ0) is 14.1. The van der Waals surface area contributed by atoms with Crippen LogP contribution in [0.4, 0.5) is 0 Å². The van der Waals surface area contributed by atoms with Gasteiger partial charge in [0, 0.05) is 5.56 Å². The number of aryl methyl sites for hydroxylation is 1. The number of hydrogen-bond donors (Lipinski definition) is 2. The number of phenolic OH excluding ortho intramolecular Hbond substituents is 2. The molecule has 0 aliphatic heterocycles. The van der Waals surface area contributed by atoms with Crippen molar-refractivity contribution in [2.24, 2.45) is 0 Å². The predicted octanol–water partition coefficient (Wildman–Crippen LogP) is 2.85. The minimum Gasteiger partial charge on any atom is -0.508 e. The fraction of sp³-hybridized carbons (Fsp3) is 0.500. The molecule has 1 atom stereocenters. The third kappa shape index (κ3) is 3.39. The summed E-state index contributed by atoms with van der Waals surface area (Å²) in [6.07, 6.45) is 0. The molecule has 4 nitrogen and oxygen atoms in total. The fourth-order valence-corrected chi connectivity index (χ4v) is 1.56. The first-order chi connectivity index (χ1) is 8.11. The lowest BCUT2D eigenvalue weighted by molar-refractivity contribution is -0.156. The van der Waals surface area contributed by atoms with Gasteiger partial charge in [-0.05, 0) is 52.3 Å². The smallest absolute Gasteiger partial charge is 0.313 e. The van der Waals surface area contributed by atoms with Gasteiger partial charge in [-0.25, -0.2) is 0 Å². The van der Waals surface area contributed by atoms with E-state index in [0.717, 1.165) is 0 Å². The Morgan fingerprint density at radius 1 is 1.22 bits per heavy atom. The number of hydrogen-bond acceptors (Lipinski definition) is 4. The number of phenols is 2. The zero-order valence-electron chi connectivity index (χ0n) is 11.4. The van der Waals surface area contributed by atoms with Crippen molar-refractivity contribution in [1.82, 2.24) is 0 Å². The van der Waals surface area contributed by atoms with Crippen LogP contribution in [0.3, 0.4) is 0 Å². The number of benzene rings is 1. The Balaban J connectivity index is 3.01. The molecular weight excluding hydrogens is 232 g/mol. The van der Waals surface area contributed by atoms with Gasteiger partial charge in [0.05, 0.1) is 5.92 Å². The Hall–Kier alpha value is -1.71. The van der Waals surface area contributed by atoms with Crippen molar-refractivity contribution in [2.75, 3.05) is 0 Å². The number of rotatable bonds is 2. The molecule has 0 bridgehead atoms. The molecule has 1 aromatic rings. The monoisotopic (exact) mass is 252 g/mol. The van der Waals surface area contributed by atoms with Crippen molar-refractivity contribution in [3.63, 3.8) is 0 Å². The number of ether oxygens (including phenoxy) is 1. The van der Waals surface area contributed by atoms with Crippen LogP contribution in [0, 0.1) is 6.92 Å². The average molecular weight is 252 g/mol. The van der Waals surface area contributed by atoms with E-state index in [1.165, 1.54) is 12.1 Å². The fourth-order valence-electron chi connectivity index (χ4n) is 1.56. The largest absolute Gasteiger partial charge is 0.508 e. The number of carbonyl (C=O) groups is 1. The van der Waals surface area contributed by atoms with Crippen LogP contribution in [-0.4, -0.2) is 21.8 Å². The summed E-state index contributed by atoms with van der Waals surface area (Å²) in [5.41, 5.74) is 0.355. The van der Waals surface area contributed by atoms with Crippen molar-refractivity contribution in [3.8, 4) is 11.5 Å². The van der Waals surface area contributed by atoms with Gasteiger partial charge in [-0.3, -0.25) is 4.79 Å². The molecule has 1 aromatic carbocycles. The van der Waals surface area contributed by atoms with E-state index >= 15 is 0 Å².